The summed E-state index contributed by atoms with van der Waals surface area (Å²) in [5.41, 5.74) is 0.228. The second-order valence-corrected chi connectivity index (χ2v) is 3.82. The van der Waals surface area contributed by atoms with E-state index in [4.69, 9.17) is 9.15 Å². The summed E-state index contributed by atoms with van der Waals surface area (Å²) in [6.07, 6.45) is 2.06. The average Bonchev–Trinajstić information content (AvgIpc) is 2.98. The third-order valence-electron chi connectivity index (χ3n) is 2.53. The highest BCUT2D eigenvalue weighted by Crippen LogP contribution is 2.13. The van der Waals surface area contributed by atoms with Crippen LogP contribution in [0.1, 0.15) is 22.4 Å². The average molecular weight is 262 g/mol. The Bertz CT molecular complexity index is 539. The first-order valence-corrected chi connectivity index (χ1v) is 5.70. The zero-order valence-corrected chi connectivity index (χ0v) is 10.4. The number of amides is 1. The molecular weight excluding hydrogens is 248 g/mol. The van der Waals surface area contributed by atoms with E-state index in [2.05, 4.69) is 10.3 Å². The van der Waals surface area contributed by atoms with Gasteiger partial charge in [0.25, 0.3) is 5.91 Å². The van der Waals surface area contributed by atoms with E-state index < -0.39 is 6.10 Å². The molecule has 2 heterocycles. The number of furan rings is 1. The molecule has 0 aliphatic carbocycles. The third-order valence-corrected chi connectivity index (χ3v) is 2.53. The largest absolute Gasteiger partial charge is 0.497 e. The zero-order chi connectivity index (χ0) is 13.7. The summed E-state index contributed by atoms with van der Waals surface area (Å²) in [5, 5.41) is 12.3. The molecule has 0 saturated carbocycles. The lowest BCUT2D eigenvalue weighted by Gasteiger charge is -2.09. The molecule has 6 nitrogen and oxygen atoms in total. The molecule has 0 fully saturated rings. The van der Waals surface area contributed by atoms with E-state index in [0.29, 0.717) is 11.5 Å². The number of methoxy groups -OCH3 is 1. The SMILES string of the molecule is COc1ccnc(C(=O)NCC(O)c2ccco2)c1. The molecule has 2 aromatic heterocycles. The Morgan fingerprint density at radius 3 is 3.11 bits per heavy atom. The molecule has 1 atom stereocenters. The van der Waals surface area contributed by atoms with Crippen LogP contribution in [-0.4, -0.2) is 29.7 Å². The predicted molar refractivity (Wildman–Crippen MR) is 66.8 cm³/mol. The molecule has 100 valence electrons. The van der Waals surface area contributed by atoms with Crippen LogP contribution < -0.4 is 10.1 Å². The van der Waals surface area contributed by atoms with Crippen LogP contribution in [0, 0.1) is 0 Å². The summed E-state index contributed by atoms with van der Waals surface area (Å²) in [7, 11) is 1.51. The molecule has 2 rings (SSSR count). The smallest absolute Gasteiger partial charge is 0.270 e. The van der Waals surface area contributed by atoms with Gasteiger partial charge in [-0.25, -0.2) is 0 Å². The number of aliphatic hydroxyl groups is 1. The molecule has 1 unspecified atom stereocenters. The second-order valence-electron chi connectivity index (χ2n) is 3.82. The van der Waals surface area contributed by atoms with Crippen LogP contribution >= 0.6 is 0 Å². The maximum atomic E-state index is 11.8. The van der Waals surface area contributed by atoms with E-state index in [-0.39, 0.29) is 18.1 Å². The number of hydrogen-bond donors (Lipinski definition) is 2. The Morgan fingerprint density at radius 2 is 2.42 bits per heavy atom. The van der Waals surface area contributed by atoms with Gasteiger partial charge in [-0.3, -0.25) is 9.78 Å². The number of nitrogens with one attached hydrogen (secondary N) is 1. The third kappa shape index (κ3) is 3.32. The normalized spacial score (nSPS) is 11.9. The number of aromatic nitrogens is 1. The van der Waals surface area contributed by atoms with Gasteiger partial charge in [0, 0.05) is 12.3 Å². The summed E-state index contributed by atoms with van der Waals surface area (Å²) in [5.74, 6) is 0.565. The van der Waals surface area contributed by atoms with Crippen LogP contribution in [0.2, 0.25) is 0 Å². The lowest BCUT2D eigenvalue weighted by Crippen LogP contribution is -2.28. The van der Waals surface area contributed by atoms with E-state index in [1.54, 1.807) is 18.2 Å². The van der Waals surface area contributed by atoms with E-state index in [0.717, 1.165) is 0 Å². The number of rotatable bonds is 5. The Hall–Kier alpha value is -2.34. The number of carbonyl (C=O) groups is 1. The van der Waals surface area contributed by atoms with Gasteiger partial charge in [-0.1, -0.05) is 0 Å². The molecule has 0 bridgehead atoms. The second kappa shape index (κ2) is 6.01. The van der Waals surface area contributed by atoms with Gasteiger partial charge in [0.2, 0.25) is 0 Å². The molecule has 0 radical (unpaired) electrons. The Kier molecular flexibility index (Phi) is 4.15. The van der Waals surface area contributed by atoms with Crippen molar-refractivity contribution in [1.29, 1.82) is 0 Å². The Labute approximate surface area is 110 Å². The van der Waals surface area contributed by atoms with Crippen molar-refractivity contribution in [2.75, 3.05) is 13.7 Å². The van der Waals surface area contributed by atoms with Crippen molar-refractivity contribution in [3.05, 3.63) is 48.2 Å². The van der Waals surface area contributed by atoms with Gasteiger partial charge >= 0.3 is 0 Å². The number of ether oxygens (including phenoxy) is 1. The molecule has 0 aliphatic rings. The number of pyridine rings is 1. The van der Waals surface area contributed by atoms with Crippen molar-refractivity contribution in [3.8, 4) is 5.75 Å². The van der Waals surface area contributed by atoms with Gasteiger partial charge in [0.15, 0.2) is 0 Å². The van der Waals surface area contributed by atoms with Gasteiger partial charge in [-0.2, -0.15) is 0 Å². The van der Waals surface area contributed by atoms with Crippen LogP contribution in [0.3, 0.4) is 0 Å². The van der Waals surface area contributed by atoms with Crippen LogP contribution in [0.5, 0.6) is 5.75 Å². The molecule has 2 aromatic rings. The minimum Gasteiger partial charge on any atom is -0.497 e. The monoisotopic (exact) mass is 262 g/mol. The summed E-state index contributed by atoms with van der Waals surface area (Å²) >= 11 is 0. The molecule has 1 amide bonds. The van der Waals surface area contributed by atoms with E-state index in [1.165, 1.54) is 25.6 Å². The van der Waals surface area contributed by atoms with Crippen molar-refractivity contribution >= 4 is 5.91 Å². The van der Waals surface area contributed by atoms with Crippen molar-refractivity contribution in [2.24, 2.45) is 0 Å². The van der Waals surface area contributed by atoms with Crippen molar-refractivity contribution in [3.63, 3.8) is 0 Å². The van der Waals surface area contributed by atoms with Crippen LogP contribution in [0.4, 0.5) is 0 Å². The molecule has 2 N–H and O–H groups in total. The number of hydrogen-bond acceptors (Lipinski definition) is 5. The van der Waals surface area contributed by atoms with Crippen LogP contribution in [0.15, 0.2) is 41.1 Å². The highest BCUT2D eigenvalue weighted by Gasteiger charge is 2.13. The lowest BCUT2D eigenvalue weighted by atomic mass is 10.2. The number of nitrogens with zero attached hydrogens (tertiary/aromatic N) is 1. The van der Waals surface area contributed by atoms with Gasteiger partial charge in [-0.15, -0.1) is 0 Å². The first kappa shape index (κ1) is 13.1. The van der Waals surface area contributed by atoms with Gasteiger partial charge in [0.1, 0.15) is 23.3 Å². The zero-order valence-electron chi connectivity index (χ0n) is 10.4. The van der Waals surface area contributed by atoms with Gasteiger partial charge < -0.3 is 19.6 Å². The molecule has 0 aromatic carbocycles. The van der Waals surface area contributed by atoms with Gasteiger partial charge in [0.05, 0.1) is 19.9 Å². The van der Waals surface area contributed by atoms with Crippen molar-refractivity contribution < 1.29 is 19.1 Å². The fraction of sp³-hybridized carbons (Fsp3) is 0.231. The molecule has 6 heteroatoms. The number of carbonyl (C=O) groups excluding carboxylic acids is 1. The summed E-state index contributed by atoms with van der Waals surface area (Å²) in [4.78, 5) is 15.7. The minimum atomic E-state index is -0.885. The molecule has 0 aliphatic heterocycles. The predicted octanol–water partition coefficient (Wildman–Crippen LogP) is 1.15. The molecule has 19 heavy (non-hydrogen) atoms. The van der Waals surface area contributed by atoms with Crippen molar-refractivity contribution in [1.82, 2.24) is 10.3 Å². The summed E-state index contributed by atoms with van der Waals surface area (Å²) in [6, 6.07) is 6.48. The van der Waals surface area contributed by atoms with E-state index in [9.17, 15) is 9.90 Å². The first-order valence-electron chi connectivity index (χ1n) is 5.70. The standard InChI is InChI=1S/C13H14N2O4/c1-18-9-4-5-14-10(7-9)13(17)15-8-11(16)12-3-2-6-19-12/h2-7,11,16H,8H2,1H3,(H,15,17). The molecule has 0 saturated heterocycles. The lowest BCUT2D eigenvalue weighted by molar-refractivity contribution is 0.0896. The van der Waals surface area contributed by atoms with Crippen LogP contribution in [0.25, 0.3) is 0 Å². The highest BCUT2D eigenvalue weighted by molar-refractivity contribution is 5.92. The number of aliphatic hydroxyl groups excluding tert-OH is 1. The first-order chi connectivity index (χ1) is 9.20. The highest BCUT2D eigenvalue weighted by atomic mass is 16.5. The Balaban J connectivity index is 1.94. The fourth-order valence-corrected chi connectivity index (χ4v) is 1.52. The topological polar surface area (TPSA) is 84.6 Å². The maximum absolute atomic E-state index is 11.8. The maximum Gasteiger partial charge on any atom is 0.270 e. The summed E-state index contributed by atoms with van der Waals surface area (Å²) < 4.78 is 10.0. The molecular formula is C13H14N2O4. The summed E-state index contributed by atoms with van der Waals surface area (Å²) in [6.45, 7) is 0.0469. The van der Waals surface area contributed by atoms with E-state index >= 15 is 0 Å². The van der Waals surface area contributed by atoms with Crippen molar-refractivity contribution in [2.45, 2.75) is 6.10 Å². The van der Waals surface area contributed by atoms with E-state index in [1.807, 2.05) is 0 Å². The minimum absolute atomic E-state index is 0.0469. The van der Waals surface area contributed by atoms with Gasteiger partial charge in [-0.05, 0) is 18.2 Å². The van der Waals surface area contributed by atoms with Crippen LogP contribution in [-0.2, 0) is 0 Å². The quantitative estimate of drug-likeness (QED) is 0.844. The fourth-order valence-electron chi connectivity index (χ4n) is 1.52. The Morgan fingerprint density at radius 1 is 1.58 bits per heavy atom. The molecule has 0 spiro atoms.